The predicted octanol–water partition coefficient (Wildman–Crippen LogP) is 1.92. The summed E-state index contributed by atoms with van der Waals surface area (Å²) in [5.74, 6) is 0.520. The van der Waals surface area contributed by atoms with Gasteiger partial charge in [0.05, 0.1) is 13.2 Å². The van der Waals surface area contributed by atoms with Crippen LogP contribution in [0.25, 0.3) is 0 Å². The van der Waals surface area contributed by atoms with E-state index >= 15 is 0 Å². The quantitative estimate of drug-likeness (QED) is 0.823. The van der Waals surface area contributed by atoms with E-state index in [0.717, 1.165) is 12.1 Å². The molecule has 1 unspecified atom stereocenters. The first-order valence-corrected chi connectivity index (χ1v) is 5.13. The van der Waals surface area contributed by atoms with E-state index in [1.54, 1.807) is 19.5 Å². The Labute approximate surface area is 90.9 Å². The first-order valence-electron chi connectivity index (χ1n) is 5.13. The number of nitrogens with zero attached hydrogens (tertiary/aromatic N) is 2. The van der Waals surface area contributed by atoms with Crippen LogP contribution < -0.4 is 10.5 Å². The van der Waals surface area contributed by atoms with Crippen molar-refractivity contribution in [2.75, 3.05) is 7.11 Å². The molecule has 1 atom stereocenters. The molecular weight excluding hydrogens is 190 g/mol. The summed E-state index contributed by atoms with van der Waals surface area (Å²) < 4.78 is 5.15. The standard InChI is InChI=1S/C11H19N3O/c1-5-11(2,3)9(12)8-10(15-4)14-7-6-13-8/h6-7,9H,5,12H2,1-4H3. The van der Waals surface area contributed by atoms with E-state index in [0.29, 0.717) is 5.88 Å². The molecule has 2 N–H and O–H groups in total. The van der Waals surface area contributed by atoms with E-state index in [2.05, 4.69) is 30.7 Å². The number of aromatic nitrogens is 2. The van der Waals surface area contributed by atoms with Crippen LogP contribution in [0.5, 0.6) is 5.88 Å². The number of ether oxygens (including phenoxy) is 1. The van der Waals surface area contributed by atoms with Crippen molar-refractivity contribution >= 4 is 0 Å². The number of hydrogen-bond donors (Lipinski definition) is 1. The molecule has 0 saturated heterocycles. The van der Waals surface area contributed by atoms with Gasteiger partial charge in [0.2, 0.25) is 5.88 Å². The zero-order valence-corrected chi connectivity index (χ0v) is 9.82. The minimum atomic E-state index is -0.161. The normalized spacial score (nSPS) is 13.7. The van der Waals surface area contributed by atoms with Gasteiger partial charge in [-0.15, -0.1) is 0 Å². The van der Waals surface area contributed by atoms with Crippen molar-refractivity contribution in [1.82, 2.24) is 9.97 Å². The van der Waals surface area contributed by atoms with Gasteiger partial charge < -0.3 is 10.5 Å². The van der Waals surface area contributed by atoms with E-state index in [1.165, 1.54) is 0 Å². The Bertz CT molecular complexity index is 325. The SMILES string of the molecule is CCC(C)(C)C(N)c1nccnc1OC. The fraction of sp³-hybridized carbons (Fsp3) is 0.636. The lowest BCUT2D eigenvalue weighted by Crippen LogP contribution is -2.30. The van der Waals surface area contributed by atoms with Crippen molar-refractivity contribution in [3.8, 4) is 5.88 Å². The molecule has 4 heteroatoms. The van der Waals surface area contributed by atoms with Gasteiger partial charge in [0, 0.05) is 12.4 Å². The average molecular weight is 209 g/mol. The zero-order chi connectivity index (χ0) is 11.5. The maximum atomic E-state index is 6.18. The smallest absolute Gasteiger partial charge is 0.237 e. The van der Waals surface area contributed by atoms with Crippen LogP contribution in [0.2, 0.25) is 0 Å². The third-order valence-corrected chi connectivity index (χ3v) is 2.93. The molecule has 0 spiro atoms. The van der Waals surface area contributed by atoms with Crippen LogP contribution in [0.1, 0.15) is 38.9 Å². The number of methoxy groups -OCH3 is 1. The molecule has 1 rings (SSSR count). The molecule has 0 saturated carbocycles. The highest BCUT2D eigenvalue weighted by molar-refractivity contribution is 5.22. The molecule has 1 heterocycles. The molecule has 0 bridgehead atoms. The first-order chi connectivity index (χ1) is 7.03. The first kappa shape index (κ1) is 11.9. The summed E-state index contributed by atoms with van der Waals surface area (Å²) >= 11 is 0. The summed E-state index contributed by atoms with van der Waals surface area (Å²) in [6.07, 6.45) is 4.23. The molecule has 1 aromatic heterocycles. The third kappa shape index (κ3) is 2.45. The van der Waals surface area contributed by atoms with Crippen molar-refractivity contribution in [2.24, 2.45) is 11.1 Å². The minimum absolute atomic E-state index is 0.0106. The van der Waals surface area contributed by atoms with E-state index in [1.807, 2.05) is 0 Å². The Hall–Kier alpha value is -1.16. The molecule has 15 heavy (non-hydrogen) atoms. The van der Waals surface area contributed by atoms with Crippen molar-refractivity contribution in [3.63, 3.8) is 0 Å². The van der Waals surface area contributed by atoms with Gasteiger partial charge in [0.25, 0.3) is 0 Å². The molecule has 4 nitrogen and oxygen atoms in total. The lowest BCUT2D eigenvalue weighted by atomic mass is 9.81. The second kappa shape index (κ2) is 4.57. The Morgan fingerprint density at radius 2 is 2.00 bits per heavy atom. The van der Waals surface area contributed by atoms with E-state index in [9.17, 15) is 0 Å². The van der Waals surface area contributed by atoms with Crippen molar-refractivity contribution in [2.45, 2.75) is 33.2 Å². The number of rotatable bonds is 4. The van der Waals surface area contributed by atoms with Gasteiger partial charge in [-0.05, 0) is 11.8 Å². The lowest BCUT2D eigenvalue weighted by Gasteiger charge is -2.30. The maximum absolute atomic E-state index is 6.18. The van der Waals surface area contributed by atoms with Gasteiger partial charge in [0.1, 0.15) is 5.69 Å². The Morgan fingerprint density at radius 3 is 2.53 bits per heavy atom. The molecule has 0 aliphatic carbocycles. The van der Waals surface area contributed by atoms with Crippen molar-refractivity contribution < 1.29 is 4.74 Å². The molecular formula is C11H19N3O. The van der Waals surface area contributed by atoms with Crippen LogP contribution in [0.4, 0.5) is 0 Å². The highest BCUT2D eigenvalue weighted by Gasteiger charge is 2.29. The summed E-state index contributed by atoms with van der Waals surface area (Å²) in [6, 6.07) is -0.161. The Balaban J connectivity index is 3.05. The molecule has 1 aromatic rings. The van der Waals surface area contributed by atoms with Crippen LogP contribution in [0.3, 0.4) is 0 Å². The largest absolute Gasteiger partial charge is 0.480 e. The van der Waals surface area contributed by atoms with Gasteiger partial charge in [-0.25, -0.2) is 4.98 Å². The highest BCUT2D eigenvalue weighted by Crippen LogP contribution is 2.35. The summed E-state index contributed by atoms with van der Waals surface area (Å²) in [5.41, 5.74) is 6.90. The summed E-state index contributed by atoms with van der Waals surface area (Å²) in [5, 5.41) is 0. The van der Waals surface area contributed by atoms with Gasteiger partial charge >= 0.3 is 0 Å². The summed E-state index contributed by atoms with van der Waals surface area (Å²) in [4.78, 5) is 8.35. The minimum Gasteiger partial charge on any atom is -0.480 e. The van der Waals surface area contributed by atoms with E-state index < -0.39 is 0 Å². The molecule has 84 valence electrons. The number of nitrogens with two attached hydrogens (primary N) is 1. The maximum Gasteiger partial charge on any atom is 0.237 e. The predicted molar refractivity (Wildman–Crippen MR) is 59.6 cm³/mol. The Morgan fingerprint density at radius 1 is 1.40 bits per heavy atom. The second-order valence-corrected chi connectivity index (χ2v) is 4.27. The monoisotopic (exact) mass is 209 g/mol. The fourth-order valence-electron chi connectivity index (χ4n) is 1.30. The Kier molecular flexibility index (Phi) is 3.63. The molecule has 0 aromatic carbocycles. The second-order valence-electron chi connectivity index (χ2n) is 4.27. The number of hydrogen-bond acceptors (Lipinski definition) is 4. The van der Waals surface area contributed by atoms with Gasteiger partial charge in [-0.2, -0.15) is 0 Å². The lowest BCUT2D eigenvalue weighted by molar-refractivity contribution is 0.264. The highest BCUT2D eigenvalue weighted by atomic mass is 16.5. The molecule has 0 fully saturated rings. The van der Waals surface area contributed by atoms with Crippen molar-refractivity contribution in [1.29, 1.82) is 0 Å². The summed E-state index contributed by atoms with van der Waals surface area (Å²) in [7, 11) is 1.58. The molecule has 0 radical (unpaired) electrons. The third-order valence-electron chi connectivity index (χ3n) is 2.93. The van der Waals surface area contributed by atoms with Crippen LogP contribution >= 0.6 is 0 Å². The van der Waals surface area contributed by atoms with Crippen LogP contribution in [0.15, 0.2) is 12.4 Å². The van der Waals surface area contributed by atoms with Gasteiger partial charge in [-0.3, -0.25) is 4.98 Å². The molecule has 0 aliphatic rings. The fourth-order valence-corrected chi connectivity index (χ4v) is 1.30. The van der Waals surface area contributed by atoms with Crippen LogP contribution in [-0.4, -0.2) is 17.1 Å². The van der Waals surface area contributed by atoms with Crippen LogP contribution in [0, 0.1) is 5.41 Å². The van der Waals surface area contributed by atoms with Crippen LogP contribution in [-0.2, 0) is 0 Å². The van der Waals surface area contributed by atoms with E-state index in [4.69, 9.17) is 10.5 Å². The average Bonchev–Trinajstić information content (AvgIpc) is 2.28. The van der Waals surface area contributed by atoms with Gasteiger partial charge in [0.15, 0.2) is 0 Å². The van der Waals surface area contributed by atoms with E-state index in [-0.39, 0.29) is 11.5 Å². The summed E-state index contributed by atoms with van der Waals surface area (Å²) in [6.45, 7) is 6.35. The van der Waals surface area contributed by atoms with Crippen molar-refractivity contribution in [3.05, 3.63) is 18.1 Å². The van der Waals surface area contributed by atoms with Gasteiger partial charge in [-0.1, -0.05) is 20.8 Å². The molecule has 0 amide bonds. The molecule has 0 aliphatic heterocycles. The zero-order valence-electron chi connectivity index (χ0n) is 9.82. The topological polar surface area (TPSA) is 61.0 Å².